The molecule has 192 valence electrons. The van der Waals surface area contributed by atoms with Crippen LogP contribution in [-0.2, 0) is 17.6 Å². The predicted molar refractivity (Wildman–Crippen MR) is 146 cm³/mol. The van der Waals surface area contributed by atoms with E-state index in [0.29, 0.717) is 12.3 Å². The molecule has 2 heterocycles. The van der Waals surface area contributed by atoms with E-state index in [-0.39, 0.29) is 23.2 Å². The lowest BCUT2D eigenvalue weighted by Crippen LogP contribution is -2.35. The van der Waals surface area contributed by atoms with Gasteiger partial charge >= 0.3 is 0 Å². The molecular formula is C32H31FN4O. The maximum Gasteiger partial charge on any atom is 0.224 e. The lowest BCUT2D eigenvalue weighted by Gasteiger charge is -2.37. The van der Waals surface area contributed by atoms with Crippen LogP contribution in [0.5, 0.6) is 0 Å². The average Bonchev–Trinajstić information content (AvgIpc) is 3.48. The van der Waals surface area contributed by atoms with Crippen molar-refractivity contribution in [1.82, 2.24) is 20.1 Å². The minimum absolute atomic E-state index is 0.00473. The zero-order valence-corrected chi connectivity index (χ0v) is 21.5. The minimum Gasteiger partial charge on any atom is -0.349 e. The molecule has 2 aromatic heterocycles. The number of nitrogens with one attached hydrogen (secondary N) is 1. The molecule has 0 aliphatic heterocycles. The summed E-state index contributed by atoms with van der Waals surface area (Å²) < 4.78 is 15.4. The molecule has 1 amide bonds. The summed E-state index contributed by atoms with van der Waals surface area (Å²) in [6.45, 7) is 2.37. The molecule has 0 spiro atoms. The Bertz CT molecular complexity index is 1460. The van der Waals surface area contributed by atoms with Crippen molar-refractivity contribution < 1.29 is 9.18 Å². The van der Waals surface area contributed by atoms with Gasteiger partial charge in [-0.15, -0.1) is 0 Å². The highest BCUT2D eigenvalue weighted by Crippen LogP contribution is 2.55. The highest BCUT2D eigenvalue weighted by atomic mass is 19.1. The molecule has 1 saturated carbocycles. The first-order valence-electron chi connectivity index (χ1n) is 13.3. The Morgan fingerprint density at radius 3 is 2.68 bits per heavy atom. The Labute approximate surface area is 222 Å². The highest BCUT2D eigenvalue weighted by Gasteiger charge is 2.46. The van der Waals surface area contributed by atoms with Gasteiger partial charge < -0.3 is 5.32 Å². The zero-order chi connectivity index (χ0) is 26.1. The molecule has 38 heavy (non-hydrogen) atoms. The molecule has 1 N–H and O–H groups in total. The van der Waals surface area contributed by atoms with E-state index in [1.165, 1.54) is 23.3 Å². The third kappa shape index (κ3) is 4.67. The molecule has 2 aromatic carbocycles. The smallest absolute Gasteiger partial charge is 0.224 e. The fourth-order valence-electron chi connectivity index (χ4n) is 6.28. The summed E-state index contributed by atoms with van der Waals surface area (Å²) in [5.74, 6) is 0.178. The van der Waals surface area contributed by atoms with Crippen LogP contribution in [0.3, 0.4) is 0 Å². The van der Waals surface area contributed by atoms with Crippen molar-refractivity contribution in [3.8, 4) is 5.69 Å². The summed E-state index contributed by atoms with van der Waals surface area (Å²) in [5, 5.41) is 7.99. The van der Waals surface area contributed by atoms with E-state index >= 15 is 0 Å². The number of carbonyl (C=O) groups is 1. The van der Waals surface area contributed by atoms with Crippen LogP contribution >= 0.6 is 0 Å². The van der Waals surface area contributed by atoms with E-state index < -0.39 is 0 Å². The SMILES string of the molecule is C[C@]12Cc3cnn(-c4ccc(F)cc4)c3C=C1CC[C@@H]2CC(NC(=O)Cc1cccnc1)c1ccccc1. The number of fused-ring (bicyclic) bond motifs is 2. The zero-order valence-electron chi connectivity index (χ0n) is 21.5. The van der Waals surface area contributed by atoms with Crippen LogP contribution in [0.1, 0.15) is 54.6 Å². The second-order valence-electron chi connectivity index (χ2n) is 10.7. The van der Waals surface area contributed by atoms with Gasteiger partial charge in [-0.25, -0.2) is 9.07 Å². The molecule has 2 aliphatic carbocycles. The van der Waals surface area contributed by atoms with E-state index in [9.17, 15) is 9.18 Å². The second kappa shape index (κ2) is 10.0. The number of hydrogen-bond donors (Lipinski definition) is 1. The molecule has 1 unspecified atom stereocenters. The summed E-state index contributed by atoms with van der Waals surface area (Å²) in [5.41, 5.74) is 6.65. The van der Waals surface area contributed by atoms with Gasteiger partial charge in [0.15, 0.2) is 0 Å². The number of amides is 1. The normalized spacial score (nSPS) is 20.8. The monoisotopic (exact) mass is 506 g/mol. The van der Waals surface area contributed by atoms with Crippen molar-refractivity contribution >= 4 is 12.0 Å². The highest BCUT2D eigenvalue weighted by molar-refractivity contribution is 5.79. The van der Waals surface area contributed by atoms with Gasteiger partial charge in [-0.3, -0.25) is 9.78 Å². The van der Waals surface area contributed by atoms with Crippen molar-refractivity contribution in [2.75, 3.05) is 0 Å². The Morgan fingerprint density at radius 2 is 1.92 bits per heavy atom. The van der Waals surface area contributed by atoms with Crippen molar-refractivity contribution in [3.05, 3.63) is 119 Å². The minimum atomic E-state index is -0.250. The molecule has 0 saturated heterocycles. The number of pyridine rings is 1. The van der Waals surface area contributed by atoms with Crippen molar-refractivity contribution in [2.45, 2.75) is 45.1 Å². The van der Waals surface area contributed by atoms with E-state index in [0.717, 1.165) is 48.2 Å². The molecule has 0 bridgehead atoms. The maximum absolute atomic E-state index is 13.5. The summed E-state index contributed by atoms with van der Waals surface area (Å²) in [4.78, 5) is 17.2. The van der Waals surface area contributed by atoms with Gasteiger partial charge in [0, 0.05) is 12.4 Å². The van der Waals surface area contributed by atoms with Crippen molar-refractivity contribution in [3.63, 3.8) is 0 Å². The third-order valence-corrected chi connectivity index (χ3v) is 8.37. The van der Waals surface area contributed by atoms with Crippen molar-refractivity contribution in [2.24, 2.45) is 11.3 Å². The molecule has 2 aliphatic rings. The second-order valence-corrected chi connectivity index (χ2v) is 10.7. The van der Waals surface area contributed by atoms with E-state index in [2.05, 4.69) is 40.5 Å². The summed E-state index contributed by atoms with van der Waals surface area (Å²) in [6, 6.07) is 20.5. The first kappa shape index (κ1) is 24.3. The van der Waals surface area contributed by atoms with Crippen LogP contribution in [0.25, 0.3) is 11.8 Å². The number of allylic oxidation sites excluding steroid dienone is 1. The summed E-state index contributed by atoms with van der Waals surface area (Å²) in [6.07, 6.45) is 11.9. The van der Waals surface area contributed by atoms with Gasteiger partial charge in [-0.1, -0.05) is 48.9 Å². The van der Waals surface area contributed by atoms with Gasteiger partial charge in [0.25, 0.3) is 0 Å². The fourth-order valence-corrected chi connectivity index (χ4v) is 6.28. The Hall–Kier alpha value is -4.06. The number of nitrogens with zero attached hydrogens (tertiary/aromatic N) is 3. The van der Waals surface area contributed by atoms with Gasteiger partial charge in [-0.05, 0) is 90.1 Å². The first-order valence-corrected chi connectivity index (χ1v) is 13.3. The number of hydrogen-bond acceptors (Lipinski definition) is 3. The standard InChI is InChI=1S/C32H31FN4O/c1-32-19-24-21-35-37(28-13-11-27(33)12-14-28)30(24)18-26(32)10-9-25(32)17-29(23-7-3-2-4-8-23)36-31(38)16-22-6-5-15-34-20-22/h2-8,11-15,18,20-21,25,29H,9-10,16-17,19H2,1H3,(H,36,38)/t25-,29?,32-/m1/s1. The van der Waals surface area contributed by atoms with Crippen LogP contribution in [-0.4, -0.2) is 20.7 Å². The molecular weight excluding hydrogens is 475 g/mol. The molecule has 3 atom stereocenters. The lowest BCUT2D eigenvalue weighted by atomic mass is 9.68. The number of aromatic nitrogens is 3. The quantitative estimate of drug-likeness (QED) is 0.322. The maximum atomic E-state index is 13.5. The van der Waals surface area contributed by atoms with Crippen LogP contribution < -0.4 is 5.32 Å². The first-order chi connectivity index (χ1) is 18.5. The average molecular weight is 507 g/mol. The van der Waals surface area contributed by atoms with Gasteiger partial charge in [-0.2, -0.15) is 5.10 Å². The van der Waals surface area contributed by atoms with Gasteiger partial charge in [0.05, 0.1) is 30.0 Å². The van der Waals surface area contributed by atoms with E-state index in [1.54, 1.807) is 24.5 Å². The summed E-state index contributed by atoms with van der Waals surface area (Å²) in [7, 11) is 0. The predicted octanol–water partition coefficient (Wildman–Crippen LogP) is 6.25. The fraction of sp³-hybridized carbons (Fsp3) is 0.281. The molecule has 0 radical (unpaired) electrons. The Balaban J connectivity index is 1.24. The lowest BCUT2D eigenvalue weighted by molar-refractivity contribution is -0.121. The van der Waals surface area contributed by atoms with Crippen LogP contribution in [0.15, 0.2) is 90.9 Å². The molecule has 5 nitrogen and oxygen atoms in total. The Kier molecular flexibility index (Phi) is 6.40. The van der Waals surface area contributed by atoms with Gasteiger partial charge in [0.1, 0.15) is 5.82 Å². The molecule has 1 fully saturated rings. The topological polar surface area (TPSA) is 59.8 Å². The van der Waals surface area contributed by atoms with Crippen LogP contribution in [0, 0.1) is 17.2 Å². The number of carbonyl (C=O) groups excluding carboxylic acids is 1. The molecule has 6 heteroatoms. The third-order valence-electron chi connectivity index (χ3n) is 8.37. The van der Waals surface area contributed by atoms with Crippen molar-refractivity contribution in [1.29, 1.82) is 0 Å². The van der Waals surface area contributed by atoms with Crippen LogP contribution in [0.2, 0.25) is 0 Å². The molecule has 6 rings (SSSR count). The Morgan fingerprint density at radius 1 is 1.11 bits per heavy atom. The van der Waals surface area contributed by atoms with E-state index in [1.807, 2.05) is 41.2 Å². The largest absolute Gasteiger partial charge is 0.349 e. The number of benzene rings is 2. The number of rotatable bonds is 7. The van der Waals surface area contributed by atoms with Gasteiger partial charge in [0.2, 0.25) is 5.91 Å². The number of halogens is 1. The van der Waals surface area contributed by atoms with E-state index in [4.69, 9.17) is 0 Å². The van der Waals surface area contributed by atoms with Crippen LogP contribution in [0.4, 0.5) is 4.39 Å². The molecule has 4 aromatic rings. The summed E-state index contributed by atoms with van der Waals surface area (Å²) >= 11 is 0.